The summed E-state index contributed by atoms with van der Waals surface area (Å²) in [6.45, 7) is 2.63. The molecule has 5 nitrogen and oxygen atoms in total. The first-order chi connectivity index (χ1) is 10.5. The van der Waals surface area contributed by atoms with Crippen molar-refractivity contribution >= 4 is 11.9 Å². The van der Waals surface area contributed by atoms with Crippen LogP contribution >= 0.6 is 0 Å². The van der Waals surface area contributed by atoms with Crippen LogP contribution in [0.1, 0.15) is 48.5 Å². The third kappa shape index (κ3) is 5.15. The summed E-state index contributed by atoms with van der Waals surface area (Å²) >= 11 is 0. The molecular formula is C17H23NO4. The van der Waals surface area contributed by atoms with E-state index in [1.54, 1.807) is 24.3 Å². The highest BCUT2D eigenvalue weighted by atomic mass is 16.5. The summed E-state index contributed by atoms with van der Waals surface area (Å²) in [6.07, 6.45) is 4.65. The smallest absolute Gasteiger partial charge is 0.335 e. The van der Waals surface area contributed by atoms with Gasteiger partial charge in [-0.3, -0.25) is 4.79 Å². The van der Waals surface area contributed by atoms with Crippen molar-refractivity contribution in [3.63, 3.8) is 0 Å². The summed E-state index contributed by atoms with van der Waals surface area (Å²) in [5.74, 6) is -0.881. The Bertz CT molecular complexity index is 512. The van der Waals surface area contributed by atoms with Crippen molar-refractivity contribution < 1.29 is 19.4 Å². The molecule has 1 amide bonds. The molecule has 5 heteroatoms. The summed E-state index contributed by atoms with van der Waals surface area (Å²) < 4.78 is 5.69. The van der Waals surface area contributed by atoms with Crippen molar-refractivity contribution in [1.29, 1.82) is 0 Å². The Morgan fingerprint density at radius 2 is 2.00 bits per heavy atom. The molecule has 0 aromatic heterocycles. The summed E-state index contributed by atoms with van der Waals surface area (Å²) in [6, 6.07) is 6.73. The van der Waals surface area contributed by atoms with E-state index in [0.717, 1.165) is 24.8 Å². The van der Waals surface area contributed by atoms with Crippen LogP contribution < -0.4 is 5.32 Å². The topological polar surface area (TPSA) is 75.6 Å². The minimum atomic E-state index is -0.927. The molecule has 120 valence electrons. The fraction of sp³-hybridized carbons (Fsp3) is 0.529. The van der Waals surface area contributed by atoms with Gasteiger partial charge in [0, 0.05) is 13.0 Å². The molecule has 2 N–H and O–H groups in total. The lowest BCUT2D eigenvalue weighted by molar-refractivity contribution is -0.121. The number of aromatic carboxylic acids is 1. The highest BCUT2D eigenvalue weighted by Gasteiger charge is 2.21. The molecule has 1 aromatic carbocycles. The van der Waals surface area contributed by atoms with Gasteiger partial charge in [-0.05, 0) is 50.3 Å². The van der Waals surface area contributed by atoms with Crippen molar-refractivity contribution in [2.45, 2.75) is 51.2 Å². The van der Waals surface area contributed by atoms with Crippen molar-refractivity contribution in [1.82, 2.24) is 5.32 Å². The first kappa shape index (κ1) is 16.5. The van der Waals surface area contributed by atoms with Gasteiger partial charge in [-0.25, -0.2) is 4.79 Å². The van der Waals surface area contributed by atoms with E-state index in [2.05, 4.69) is 12.2 Å². The third-order valence-corrected chi connectivity index (χ3v) is 3.95. The van der Waals surface area contributed by atoms with Crippen LogP contribution in [0.15, 0.2) is 24.3 Å². The molecule has 0 spiro atoms. The summed E-state index contributed by atoms with van der Waals surface area (Å²) in [5.41, 5.74) is 1.29. The largest absolute Gasteiger partial charge is 0.478 e. The Morgan fingerprint density at radius 3 is 2.59 bits per heavy atom. The Hall–Kier alpha value is -1.88. The van der Waals surface area contributed by atoms with Crippen LogP contribution in [0.3, 0.4) is 0 Å². The molecule has 1 aliphatic heterocycles. The molecule has 2 rings (SSSR count). The molecule has 2 unspecified atom stereocenters. The fourth-order valence-electron chi connectivity index (χ4n) is 2.64. The molecule has 0 saturated carbocycles. The average molecular weight is 305 g/mol. The average Bonchev–Trinajstić information content (AvgIpc) is 2.91. The van der Waals surface area contributed by atoms with Crippen LogP contribution in [0.5, 0.6) is 0 Å². The number of carbonyl (C=O) groups excluding carboxylic acids is 1. The lowest BCUT2D eigenvalue weighted by Crippen LogP contribution is -2.26. The van der Waals surface area contributed by atoms with Gasteiger partial charge in [0.25, 0.3) is 0 Å². The number of amides is 1. The van der Waals surface area contributed by atoms with E-state index in [1.807, 2.05) is 0 Å². The maximum absolute atomic E-state index is 11.8. The molecule has 2 atom stereocenters. The van der Waals surface area contributed by atoms with E-state index in [1.165, 1.54) is 0 Å². The zero-order valence-corrected chi connectivity index (χ0v) is 12.9. The number of hydrogen-bond acceptors (Lipinski definition) is 3. The maximum atomic E-state index is 11.8. The maximum Gasteiger partial charge on any atom is 0.335 e. The molecule has 0 aliphatic carbocycles. The number of carboxylic acids is 1. The van der Waals surface area contributed by atoms with E-state index in [9.17, 15) is 9.59 Å². The van der Waals surface area contributed by atoms with Gasteiger partial charge in [-0.15, -0.1) is 0 Å². The van der Waals surface area contributed by atoms with E-state index in [0.29, 0.717) is 25.5 Å². The molecule has 1 aromatic rings. The zero-order valence-electron chi connectivity index (χ0n) is 12.9. The van der Waals surface area contributed by atoms with Crippen LogP contribution in [0.4, 0.5) is 0 Å². The molecule has 0 radical (unpaired) electrons. The molecule has 22 heavy (non-hydrogen) atoms. The molecule has 0 bridgehead atoms. The summed E-state index contributed by atoms with van der Waals surface area (Å²) in [5, 5.41) is 11.7. The number of carboxylic acid groups (broad SMARTS) is 1. The van der Waals surface area contributed by atoms with Crippen LogP contribution in [-0.2, 0) is 16.0 Å². The summed E-state index contributed by atoms with van der Waals surface area (Å²) in [7, 11) is 0. The minimum Gasteiger partial charge on any atom is -0.478 e. The van der Waals surface area contributed by atoms with Crippen LogP contribution in [-0.4, -0.2) is 35.7 Å². The van der Waals surface area contributed by atoms with Gasteiger partial charge in [0.1, 0.15) is 0 Å². The van der Waals surface area contributed by atoms with Gasteiger partial charge in [-0.1, -0.05) is 12.1 Å². The number of hydrogen-bond donors (Lipinski definition) is 2. The Kier molecular flexibility index (Phi) is 5.95. The fourth-order valence-corrected chi connectivity index (χ4v) is 2.64. The van der Waals surface area contributed by atoms with Crippen LogP contribution in [0, 0.1) is 0 Å². The Morgan fingerprint density at radius 1 is 1.27 bits per heavy atom. The molecule has 1 fully saturated rings. The second-order valence-corrected chi connectivity index (χ2v) is 5.79. The standard InChI is InChI=1S/C17H23NO4/c1-12-2-7-15(22-12)8-9-16(19)18-11-10-13-3-5-14(6-4-13)17(20)21/h3-6,12,15H,2,7-11H2,1H3,(H,18,19)(H,20,21). The highest BCUT2D eigenvalue weighted by molar-refractivity contribution is 5.87. The number of rotatable bonds is 7. The van der Waals surface area contributed by atoms with Gasteiger partial charge < -0.3 is 15.2 Å². The number of nitrogens with one attached hydrogen (secondary N) is 1. The molecule has 1 aliphatic rings. The lowest BCUT2D eigenvalue weighted by Gasteiger charge is -2.11. The van der Waals surface area contributed by atoms with Gasteiger partial charge in [0.2, 0.25) is 5.91 Å². The van der Waals surface area contributed by atoms with Crippen molar-refractivity contribution in [3.05, 3.63) is 35.4 Å². The van der Waals surface area contributed by atoms with Crippen LogP contribution in [0.2, 0.25) is 0 Å². The van der Waals surface area contributed by atoms with Gasteiger partial charge in [0.15, 0.2) is 0 Å². The number of ether oxygens (including phenoxy) is 1. The van der Waals surface area contributed by atoms with Crippen molar-refractivity contribution in [2.75, 3.05) is 6.54 Å². The number of benzene rings is 1. The van der Waals surface area contributed by atoms with Gasteiger partial charge >= 0.3 is 5.97 Å². The monoisotopic (exact) mass is 305 g/mol. The second-order valence-electron chi connectivity index (χ2n) is 5.79. The normalized spacial score (nSPS) is 20.8. The third-order valence-electron chi connectivity index (χ3n) is 3.95. The zero-order chi connectivity index (χ0) is 15.9. The second kappa shape index (κ2) is 7.94. The van der Waals surface area contributed by atoms with Crippen molar-refractivity contribution in [2.24, 2.45) is 0 Å². The quantitative estimate of drug-likeness (QED) is 0.811. The number of carbonyl (C=O) groups is 2. The highest BCUT2D eigenvalue weighted by Crippen LogP contribution is 2.22. The van der Waals surface area contributed by atoms with E-state index in [4.69, 9.17) is 9.84 Å². The van der Waals surface area contributed by atoms with Gasteiger partial charge in [-0.2, -0.15) is 0 Å². The molecule has 1 saturated heterocycles. The van der Waals surface area contributed by atoms with E-state index >= 15 is 0 Å². The first-order valence-corrected chi connectivity index (χ1v) is 7.79. The Balaban J connectivity index is 1.63. The van der Waals surface area contributed by atoms with Gasteiger partial charge in [0.05, 0.1) is 17.8 Å². The molecule has 1 heterocycles. The van der Waals surface area contributed by atoms with E-state index < -0.39 is 5.97 Å². The Labute approximate surface area is 130 Å². The predicted octanol–water partition coefficient (Wildman–Crippen LogP) is 2.39. The predicted molar refractivity (Wildman–Crippen MR) is 82.9 cm³/mol. The lowest BCUT2D eigenvalue weighted by atomic mass is 10.1. The molecular weight excluding hydrogens is 282 g/mol. The van der Waals surface area contributed by atoms with Crippen molar-refractivity contribution in [3.8, 4) is 0 Å². The SMILES string of the molecule is CC1CCC(CCC(=O)NCCc2ccc(C(=O)O)cc2)O1. The summed E-state index contributed by atoms with van der Waals surface area (Å²) in [4.78, 5) is 22.5. The first-order valence-electron chi connectivity index (χ1n) is 7.79. The van der Waals surface area contributed by atoms with Crippen LogP contribution in [0.25, 0.3) is 0 Å². The minimum absolute atomic E-state index is 0.0466. The van der Waals surface area contributed by atoms with E-state index in [-0.39, 0.29) is 17.6 Å².